The molecule has 196 valence electrons. The average molecular weight is 487 g/mol. The van der Waals surface area contributed by atoms with Crippen molar-refractivity contribution >= 4 is 0 Å². The first-order valence-corrected chi connectivity index (χ1v) is 13.1. The van der Waals surface area contributed by atoms with E-state index >= 15 is 0 Å². The van der Waals surface area contributed by atoms with Gasteiger partial charge < -0.3 is 25.2 Å². The Bertz CT molecular complexity index is 772. The summed E-state index contributed by atoms with van der Waals surface area (Å²) in [4.78, 5) is 0. The first-order chi connectivity index (χ1) is 16.7. The molecule has 0 fully saturated rings. The minimum Gasteiger partial charge on any atom is -0.392 e. The van der Waals surface area contributed by atoms with Gasteiger partial charge in [0.2, 0.25) is 0 Å². The van der Waals surface area contributed by atoms with E-state index in [0.29, 0.717) is 25.7 Å². The summed E-state index contributed by atoms with van der Waals surface area (Å²) in [5.41, 5.74) is 0.161. The Morgan fingerprint density at radius 1 is 0.743 bits per heavy atom. The second-order valence-electron chi connectivity index (χ2n) is 9.98. The van der Waals surface area contributed by atoms with Gasteiger partial charge in [-0.05, 0) is 36.8 Å². The minimum atomic E-state index is -0.825. The second kappa shape index (κ2) is 13.0. The molecule has 5 nitrogen and oxygen atoms in total. The molecule has 0 amide bonds. The maximum absolute atomic E-state index is 11.2. The van der Waals surface area contributed by atoms with Crippen LogP contribution < -0.4 is 0 Å². The van der Waals surface area contributed by atoms with Crippen molar-refractivity contribution < 1.29 is 25.2 Å². The van der Waals surface area contributed by atoms with Crippen LogP contribution in [0.1, 0.15) is 53.4 Å². The highest BCUT2D eigenvalue weighted by molar-refractivity contribution is 5.38. The predicted octanol–water partition coefficient (Wildman–Crippen LogP) is 4.66. The molecule has 8 atom stereocenters. The van der Waals surface area contributed by atoms with E-state index in [1.165, 1.54) is 0 Å². The van der Waals surface area contributed by atoms with Crippen LogP contribution in [0.5, 0.6) is 0 Å². The van der Waals surface area contributed by atoms with Gasteiger partial charge in [0.05, 0.1) is 37.6 Å². The molecular formula is C30H46O5. The van der Waals surface area contributed by atoms with Gasteiger partial charge in [-0.2, -0.15) is 0 Å². The van der Waals surface area contributed by atoms with Crippen LogP contribution in [0.2, 0.25) is 0 Å². The Hall–Kier alpha value is -1.76. The van der Waals surface area contributed by atoms with Crippen molar-refractivity contribution in [2.45, 2.75) is 77.8 Å². The zero-order valence-corrected chi connectivity index (χ0v) is 21.9. The van der Waals surface area contributed by atoms with Gasteiger partial charge >= 0.3 is 0 Å². The van der Waals surface area contributed by atoms with E-state index in [1.54, 1.807) is 12.2 Å². The Balaban J connectivity index is 2.43. The fraction of sp³-hybridized carbons (Fsp3) is 0.600. The molecule has 0 radical (unpaired) electrons. The zero-order chi connectivity index (χ0) is 26.2. The summed E-state index contributed by atoms with van der Waals surface area (Å²) in [5.74, 6) is -0.697. The van der Waals surface area contributed by atoms with E-state index in [1.807, 2.05) is 64.2 Å². The van der Waals surface area contributed by atoms with E-state index < -0.39 is 35.2 Å². The van der Waals surface area contributed by atoms with Gasteiger partial charge in [0, 0.05) is 22.7 Å². The summed E-state index contributed by atoms with van der Waals surface area (Å²) in [6.45, 7) is 15.7. The fourth-order valence-corrected chi connectivity index (χ4v) is 5.59. The molecule has 35 heavy (non-hydrogen) atoms. The van der Waals surface area contributed by atoms with Crippen LogP contribution in [0.15, 0.2) is 72.9 Å². The smallest absolute Gasteiger partial charge is 0.0657 e. The number of ether oxygens (including phenoxy) is 1. The minimum absolute atomic E-state index is 0.167. The molecule has 0 aromatic rings. The number of hydrogen-bond acceptors (Lipinski definition) is 5. The summed E-state index contributed by atoms with van der Waals surface area (Å²) in [5, 5.41) is 44.2. The normalized spacial score (nSPS) is 31.8. The topological polar surface area (TPSA) is 90.2 Å². The number of rotatable bonds is 14. The SMILES string of the molecule is C=CC1=CC(C(O)CC)C(COCC2(C(O)CC)C=CC(C=C)=CC2C(O)CC)(C(O)CC)C=C1. The number of allylic oxidation sites excluding steroid dienone is 6. The van der Waals surface area contributed by atoms with Crippen LogP contribution in [0, 0.1) is 22.7 Å². The largest absolute Gasteiger partial charge is 0.392 e. The van der Waals surface area contributed by atoms with Crippen molar-refractivity contribution in [3.05, 3.63) is 72.9 Å². The van der Waals surface area contributed by atoms with Gasteiger partial charge in [-0.25, -0.2) is 0 Å². The van der Waals surface area contributed by atoms with Crippen molar-refractivity contribution in [2.24, 2.45) is 22.7 Å². The maximum atomic E-state index is 11.2. The molecule has 0 spiro atoms. The highest BCUT2D eigenvalue weighted by Gasteiger charge is 2.49. The van der Waals surface area contributed by atoms with Crippen LogP contribution >= 0.6 is 0 Å². The highest BCUT2D eigenvalue weighted by Crippen LogP contribution is 2.46. The Morgan fingerprint density at radius 3 is 1.40 bits per heavy atom. The molecule has 0 bridgehead atoms. The third-order valence-electron chi connectivity index (χ3n) is 8.01. The van der Waals surface area contributed by atoms with Gasteiger partial charge in [0.1, 0.15) is 0 Å². The summed E-state index contributed by atoms with van der Waals surface area (Å²) in [6.07, 6.45) is 14.5. The average Bonchev–Trinajstić information content (AvgIpc) is 2.90. The Kier molecular flexibility index (Phi) is 10.9. The van der Waals surface area contributed by atoms with Gasteiger partial charge in [-0.1, -0.05) is 89.5 Å². The van der Waals surface area contributed by atoms with Crippen LogP contribution in [-0.4, -0.2) is 58.1 Å². The number of aliphatic hydroxyl groups is 4. The molecule has 0 aromatic carbocycles. The number of hydrogen-bond donors (Lipinski definition) is 4. The lowest BCUT2D eigenvalue weighted by Gasteiger charge is -2.47. The third-order valence-corrected chi connectivity index (χ3v) is 8.01. The van der Waals surface area contributed by atoms with Gasteiger partial charge in [-0.15, -0.1) is 0 Å². The predicted molar refractivity (Wildman–Crippen MR) is 143 cm³/mol. The zero-order valence-electron chi connectivity index (χ0n) is 21.9. The second-order valence-corrected chi connectivity index (χ2v) is 9.98. The van der Waals surface area contributed by atoms with Crippen LogP contribution in [0.25, 0.3) is 0 Å². The molecule has 2 aliphatic carbocycles. The van der Waals surface area contributed by atoms with E-state index in [-0.39, 0.29) is 25.0 Å². The van der Waals surface area contributed by atoms with E-state index in [9.17, 15) is 20.4 Å². The molecule has 2 rings (SSSR count). The van der Waals surface area contributed by atoms with Crippen LogP contribution in [-0.2, 0) is 4.74 Å². The van der Waals surface area contributed by atoms with Gasteiger partial charge in [0.15, 0.2) is 0 Å². The third kappa shape index (κ3) is 5.98. The van der Waals surface area contributed by atoms with E-state index in [4.69, 9.17) is 4.74 Å². The Labute approximate surface area is 211 Å². The van der Waals surface area contributed by atoms with Crippen molar-refractivity contribution in [1.82, 2.24) is 0 Å². The van der Waals surface area contributed by atoms with Crippen LogP contribution in [0.3, 0.4) is 0 Å². The van der Waals surface area contributed by atoms with Gasteiger partial charge in [0.25, 0.3) is 0 Å². The lowest BCUT2D eigenvalue weighted by Crippen LogP contribution is -2.52. The molecule has 5 heteroatoms. The molecule has 0 aromatic heterocycles. The highest BCUT2D eigenvalue weighted by atomic mass is 16.5. The number of aliphatic hydroxyl groups excluding tert-OH is 4. The Morgan fingerprint density at radius 2 is 1.11 bits per heavy atom. The first-order valence-electron chi connectivity index (χ1n) is 13.1. The molecule has 2 aliphatic rings. The summed E-state index contributed by atoms with van der Waals surface area (Å²) < 4.78 is 6.40. The maximum Gasteiger partial charge on any atom is 0.0657 e. The summed E-state index contributed by atoms with van der Waals surface area (Å²) in [6, 6.07) is 0. The molecule has 0 aliphatic heterocycles. The van der Waals surface area contributed by atoms with Gasteiger partial charge in [-0.3, -0.25) is 0 Å². The lowest BCUT2D eigenvalue weighted by molar-refractivity contribution is -0.112. The summed E-state index contributed by atoms with van der Waals surface area (Å²) in [7, 11) is 0. The first kappa shape index (κ1) is 29.5. The monoisotopic (exact) mass is 486 g/mol. The lowest BCUT2D eigenvalue weighted by atomic mass is 9.64. The van der Waals surface area contributed by atoms with Crippen molar-refractivity contribution in [3.8, 4) is 0 Å². The standard InChI is InChI=1S/C30H46O5/c1-7-21-13-15-29(27(33)11-5,23(17-21)25(31)9-3)19-35-20-30(28(34)12-6)16-14-22(8-2)18-24(30)26(32)10-4/h7-8,13-18,23-28,31-34H,1-2,9-12,19-20H2,3-6H3. The molecule has 8 unspecified atom stereocenters. The molecule has 0 saturated heterocycles. The molecule has 0 heterocycles. The van der Waals surface area contributed by atoms with E-state index in [2.05, 4.69) is 13.2 Å². The van der Waals surface area contributed by atoms with Crippen LogP contribution in [0.4, 0.5) is 0 Å². The molecular weight excluding hydrogens is 440 g/mol. The van der Waals surface area contributed by atoms with E-state index in [0.717, 1.165) is 11.1 Å². The quantitative estimate of drug-likeness (QED) is 0.287. The fourth-order valence-electron chi connectivity index (χ4n) is 5.59. The molecule has 0 saturated carbocycles. The van der Waals surface area contributed by atoms with Crippen molar-refractivity contribution in [2.75, 3.05) is 13.2 Å². The van der Waals surface area contributed by atoms with Crippen molar-refractivity contribution in [3.63, 3.8) is 0 Å². The van der Waals surface area contributed by atoms with Crippen molar-refractivity contribution in [1.29, 1.82) is 0 Å². The molecule has 4 N–H and O–H groups in total. The summed E-state index contributed by atoms with van der Waals surface area (Å²) >= 11 is 0.